The quantitative estimate of drug-likeness (QED) is 0.601. The predicted octanol–water partition coefficient (Wildman–Crippen LogP) is 4.43. The van der Waals surface area contributed by atoms with Crippen LogP contribution in [0.5, 0.6) is 5.75 Å². The van der Waals surface area contributed by atoms with Gasteiger partial charge >= 0.3 is 0 Å². The number of rotatable bonds is 7. The van der Waals surface area contributed by atoms with Gasteiger partial charge in [0, 0.05) is 37.0 Å². The summed E-state index contributed by atoms with van der Waals surface area (Å²) >= 11 is 0. The average molecular weight is 432 g/mol. The normalized spacial score (nSPS) is 13.7. The molecule has 1 saturated heterocycles. The molecule has 1 aliphatic rings. The van der Waals surface area contributed by atoms with Gasteiger partial charge in [-0.15, -0.1) is 0 Å². The summed E-state index contributed by atoms with van der Waals surface area (Å²) < 4.78 is 5.52. The highest BCUT2D eigenvalue weighted by Crippen LogP contribution is 2.26. The summed E-state index contributed by atoms with van der Waals surface area (Å²) in [6, 6.07) is 17.1. The summed E-state index contributed by atoms with van der Waals surface area (Å²) in [7, 11) is 0. The fourth-order valence-corrected chi connectivity index (χ4v) is 4.08. The zero-order valence-corrected chi connectivity index (χ0v) is 18.5. The van der Waals surface area contributed by atoms with Crippen LogP contribution >= 0.6 is 0 Å². The molecular formula is C26H29N3O3. The standard InChI is InChI=1S/C26H29N3O3/c1-2-32-20-12-10-19(11-13-20)24-18-22(21-8-4-5-9-23(21)28-24)26(31)27-15-14-25(30)29-16-6-3-7-17-29/h4-5,8-13,18H,2-3,6-7,14-17H2,1H3,(H,27,31). The van der Waals surface area contributed by atoms with Gasteiger partial charge in [-0.25, -0.2) is 4.98 Å². The molecule has 2 aromatic carbocycles. The van der Waals surface area contributed by atoms with Crippen molar-refractivity contribution in [1.82, 2.24) is 15.2 Å². The number of nitrogens with zero attached hydrogens (tertiary/aromatic N) is 2. The van der Waals surface area contributed by atoms with Crippen LogP contribution in [0.2, 0.25) is 0 Å². The minimum absolute atomic E-state index is 0.111. The first-order valence-electron chi connectivity index (χ1n) is 11.3. The molecule has 32 heavy (non-hydrogen) atoms. The number of ether oxygens (including phenoxy) is 1. The lowest BCUT2D eigenvalue weighted by Gasteiger charge is -2.26. The van der Waals surface area contributed by atoms with E-state index in [1.54, 1.807) is 0 Å². The molecule has 0 bridgehead atoms. The van der Waals surface area contributed by atoms with E-state index in [1.807, 2.05) is 66.4 Å². The van der Waals surface area contributed by atoms with E-state index in [-0.39, 0.29) is 11.8 Å². The Labute approximate surface area is 188 Å². The Hall–Kier alpha value is -3.41. The Morgan fingerprint density at radius 3 is 2.53 bits per heavy atom. The number of aromatic nitrogens is 1. The van der Waals surface area contributed by atoms with Crippen molar-refractivity contribution in [2.24, 2.45) is 0 Å². The molecule has 4 rings (SSSR count). The lowest BCUT2D eigenvalue weighted by atomic mass is 10.0. The number of amides is 2. The summed E-state index contributed by atoms with van der Waals surface area (Å²) in [6.45, 7) is 4.53. The molecule has 0 atom stereocenters. The van der Waals surface area contributed by atoms with Crippen LogP contribution in [0, 0.1) is 0 Å². The molecule has 0 unspecified atom stereocenters. The summed E-state index contributed by atoms with van der Waals surface area (Å²) in [5.41, 5.74) is 2.95. The summed E-state index contributed by atoms with van der Waals surface area (Å²) in [5.74, 6) is 0.718. The molecule has 0 aliphatic carbocycles. The van der Waals surface area contributed by atoms with E-state index in [4.69, 9.17) is 9.72 Å². The molecule has 3 aromatic rings. The van der Waals surface area contributed by atoms with Gasteiger partial charge in [0.15, 0.2) is 0 Å². The number of carbonyl (C=O) groups is 2. The Kier molecular flexibility index (Phi) is 7.00. The van der Waals surface area contributed by atoms with Gasteiger partial charge in [0.1, 0.15) is 5.75 Å². The second-order valence-electron chi connectivity index (χ2n) is 7.98. The van der Waals surface area contributed by atoms with E-state index in [0.717, 1.165) is 53.8 Å². The van der Waals surface area contributed by atoms with Gasteiger partial charge in [-0.2, -0.15) is 0 Å². The number of carbonyl (C=O) groups excluding carboxylic acids is 2. The van der Waals surface area contributed by atoms with E-state index in [2.05, 4.69) is 5.32 Å². The van der Waals surface area contributed by atoms with Crippen LogP contribution in [0.1, 0.15) is 43.0 Å². The Balaban J connectivity index is 1.51. The fraction of sp³-hybridized carbons (Fsp3) is 0.346. The maximum absolute atomic E-state index is 13.1. The summed E-state index contributed by atoms with van der Waals surface area (Å²) in [5, 5.41) is 3.72. The molecular weight excluding hydrogens is 402 g/mol. The third kappa shape index (κ3) is 5.07. The first kappa shape index (κ1) is 21.8. The van der Waals surface area contributed by atoms with Crippen LogP contribution in [-0.2, 0) is 4.79 Å². The first-order chi connectivity index (χ1) is 15.7. The number of pyridine rings is 1. The smallest absolute Gasteiger partial charge is 0.252 e. The van der Waals surface area contributed by atoms with Crippen molar-refractivity contribution in [2.45, 2.75) is 32.6 Å². The largest absolute Gasteiger partial charge is 0.494 e. The second kappa shape index (κ2) is 10.3. The van der Waals surface area contributed by atoms with Gasteiger partial charge in [-0.05, 0) is 62.6 Å². The van der Waals surface area contributed by atoms with E-state index >= 15 is 0 Å². The topological polar surface area (TPSA) is 71.5 Å². The van der Waals surface area contributed by atoms with E-state index in [9.17, 15) is 9.59 Å². The summed E-state index contributed by atoms with van der Waals surface area (Å²) in [6.07, 6.45) is 3.64. The van der Waals surface area contributed by atoms with Crippen LogP contribution in [0.15, 0.2) is 54.6 Å². The Bertz CT molecular complexity index is 1090. The molecule has 0 radical (unpaired) electrons. The van der Waals surface area contributed by atoms with E-state index in [0.29, 0.717) is 25.1 Å². The number of benzene rings is 2. The van der Waals surface area contributed by atoms with Gasteiger partial charge in [-0.3, -0.25) is 9.59 Å². The first-order valence-corrected chi connectivity index (χ1v) is 11.3. The molecule has 0 spiro atoms. The number of nitrogens with one attached hydrogen (secondary N) is 1. The van der Waals surface area contributed by atoms with Gasteiger partial charge < -0.3 is 15.0 Å². The Morgan fingerprint density at radius 1 is 1.03 bits per heavy atom. The van der Waals surface area contributed by atoms with Crippen LogP contribution < -0.4 is 10.1 Å². The molecule has 2 heterocycles. The maximum atomic E-state index is 13.1. The Morgan fingerprint density at radius 2 is 1.78 bits per heavy atom. The molecule has 1 aliphatic heterocycles. The minimum Gasteiger partial charge on any atom is -0.494 e. The minimum atomic E-state index is -0.192. The molecule has 1 aromatic heterocycles. The van der Waals surface area contributed by atoms with Crippen molar-refractivity contribution in [2.75, 3.05) is 26.2 Å². The zero-order chi connectivity index (χ0) is 22.3. The van der Waals surface area contributed by atoms with Gasteiger partial charge in [0.05, 0.1) is 23.4 Å². The zero-order valence-electron chi connectivity index (χ0n) is 18.5. The van der Waals surface area contributed by atoms with E-state index < -0.39 is 0 Å². The summed E-state index contributed by atoms with van der Waals surface area (Å²) in [4.78, 5) is 32.1. The highest BCUT2D eigenvalue weighted by Gasteiger charge is 2.18. The molecule has 0 saturated carbocycles. The third-order valence-corrected chi connectivity index (χ3v) is 5.76. The van der Waals surface area contributed by atoms with Crippen molar-refractivity contribution >= 4 is 22.7 Å². The number of piperidine rings is 1. The number of para-hydroxylation sites is 1. The van der Waals surface area contributed by atoms with E-state index in [1.165, 1.54) is 6.42 Å². The fourth-order valence-electron chi connectivity index (χ4n) is 4.08. The molecule has 6 nitrogen and oxygen atoms in total. The number of fused-ring (bicyclic) bond motifs is 1. The monoisotopic (exact) mass is 431 g/mol. The molecule has 2 amide bonds. The molecule has 166 valence electrons. The van der Waals surface area contributed by atoms with Gasteiger partial charge in [0.25, 0.3) is 5.91 Å². The van der Waals surface area contributed by atoms with Gasteiger partial charge in [0.2, 0.25) is 5.91 Å². The van der Waals surface area contributed by atoms with Crippen LogP contribution in [0.3, 0.4) is 0 Å². The molecule has 6 heteroatoms. The van der Waals surface area contributed by atoms with Crippen molar-refractivity contribution in [3.8, 4) is 17.0 Å². The number of hydrogen-bond acceptors (Lipinski definition) is 4. The van der Waals surface area contributed by atoms with Crippen LogP contribution in [-0.4, -0.2) is 47.9 Å². The van der Waals surface area contributed by atoms with Gasteiger partial charge in [-0.1, -0.05) is 18.2 Å². The van der Waals surface area contributed by atoms with Crippen molar-refractivity contribution in [3.63, 3.8) is 0 Å². The average Bonchev–Trinajstić information content (AvgIpc) is 2.84. The lowest BCUT2D eigenvalue weighted by Crippen LogP contribution is -2.37. The van der Waals surface area contributed by atoms with Crippen molar-refractivity contribution in [1.29, 1.82) is 0 Å². The maximum Gasteiger partial charge on any atom is 0.252 e. The third-order valence-electron chi connectivity index (χ3n) is 5.76. The SMILES string of the molecule is CCOc1ccc(-c2cc(C(=O)NCCC(=O)N3CCCCC3)c3ccccc3n2)cc1. The highest BCUT2D eigenvalue weighted by molar-refractivity contribution is 6.07. The van der Waals surface area contributed by atoms with Crippen LogP contribution in [0.4, 0.5) is 0 Å². The molecule has 1 N–H and O–H groups in total. The molecule has 1 fully saturated rings. The van der Waals surface area contributed by atoms with Crippen LogP contribution in [0.25, 0.3) is 22.2 Å². The van der Waals surface area contributed by atoms with Crippen molar-refractivity contribution < 1.29 is 14.3 Å². The number of likely N-dealkylation sites (tertiary alicyclic amines) is 1. The second-order valence-corrected chi connectivity index (χ2v) is 7.98. The number of hydrogen-bond donors (Lipinski definition) is 1. The van der Waals surface area contributed by atoms with Crippen molar-refractivity contribution in [3.05, 3.63) is 60.2 Å². The predicted molar refractivity (Wildman–Crippen MR) is 126 cm³/mol. The highest BCUT2D eigenvalue weighted by atomic mass is 16.5. The lowest BCUT2D eigenvalue weighted by molar-refractivity contribution is -0.131.